The molecule has 7 heteroatoms. The molecule has 2 aromatic heterocycles. The monoisotopic (exact) mass is 356 g/mol. The summed E-state index contributed by atoms with van der Waals surface area (Å²) in [5.41, 5.74) is 2.17. The number of anilines is 1. The van der Waals surface area contributed by atoms with Crippen LogP contribution >= 0.6 is 0 Å². The number of amides is 1. The van der Waals surface area contributed by atoms with Gasteiger partial charge in [-0.05, 0) is 55.9 Å². The predicted molar refractivity (Wildman–Crippen MR) is 96.9 cm³/mol. The van der Waals surface area contributed by atoms with Crippen LogP contribution in [-0.2, 0) is 6.54 Å². The third-order valence-corrected chi connectivity index (χ3v) is 6.65. The fourth-order valence-corrected chi connectivity index (χ4v) is 5.91. The van der Waals surface area contributed by atoms with Gasteiger partial charge in [-0.3, -0.25) is 0 Å². The summed E-state index contributed by atoms with van der Waals surface area (Å²) >= 11 is 0. The molecule has 0 saturated heterocycles. The lowest BCUT2D eigenvalue weighted by atomic mass is 9.52. The van der Waals surface area contributed by atoms with E-state index >= 15 is 0 Å². The van der Waals surface area contributed by atoms with Crippen molar-refractivity contribution in [3.05, 3.63) is 24.0 Å². The van der Waals surface area contributed by atoms with Gasteiger partial charge in [-0.25, -0.2) is 9.78 Å². The number of aromatic amines is 1. The van der Waals surface area contributed by atoms with Gasteiger partial charge in [0.1, 0.15) is 5.65 Å². The van der Waals surface area contributed by atoms with Gasteiger partial charge in [-0.15, -0.1) is 0 Å². The number of carboxylic acid groups (broad SMARTS) is 1. The van der Waals surface area contributed by atoms with Crippen molar-refractivity contribution in [1.82, 2.24) is 15.3 Å². The van der Waals surface area contributed by atoms with Crippen molar-refractivity contribution in [3.63, 3.8) is 0 Å². The Kier molecular flexibility index (Phi) is 3.44. The van der Waals surface area contributed by atoms with Crippen LogP contribution < -0.4 is 10.6 Å². The molecular weight excluding hydrogens is 332 g/mol. The molecule has 6 rings (SSSR count). The summed E-state index contributed by atoms with van der Waals surface area (Å²) in [6.45, 7) is 0.223. The lowest BCUT2D eigenvalue weighted by Gasteiger charge is -2.58. The highest BCUT2D eigenvalue weighted by Crippen LogP contribution is 2.56. The average molecular weight is 356 g/mol. The molecule has 1 amide bonds. The number of H-pyrrole nitrogens is 1. The maximum absolute atomic E-state index is 10.9. The van der Waals surface area contributed by atoms with Crippen molar-refractivity contribution < 1.29 is 15.0 Å². The Balaban J connectivity index is 1.48. The van der Waals surface area contributed by atoms with Crippen molar-refractivity contribution in [2.45, 2.75) is 50.3 Å². The van der Waals surface area contributed by atoms with E-state index in [-0.39, 0.29) is 6.54 Å². The van der Waals surface area contributed by atoms with Crippen LogP contribution in [0.5, 0.6) is 0 Å². The number of fused-ring (bicyclic) bond motifs is 1. The molecule has 5 N–H and O–H groups in total. The van der Waals surface area contributed by atoms with Crippen LogP contribution in [-0.4, -0.2) is 37.9 Å². The lowest BCUT2D eigenvalue weighted by Crippen LogP contribution is -2.59. The van der Waals surface area contributed by atoms with Crippen LogP contribution in [0.1, 0.15) is 37.7 Å². The second-order valence-corrected chi connectivity index (χ2v) is 8.42. The molecule has 4 fully saturated rings. The van der Waals surface area contributed by atoms with E-state index in [1.54, 1.807) is 6.20 Å². The molecule has 4 saturated carbocycles. The molecule has 7 nitrogen and oxygen atoms in total. The molecule has 2 aromatic rings. The normalized spacial score (nSPS) is 35.0. The molecule has 2 heterocycles. The van der Waals surface area contributed by atoms with Gasteiger partial charge in [0.15, 0.2) is 0 Å². The third kappa shape index (κ3) is 2.53. The smallest absolute Gasteiger partial charge is 0.404 e. The topological polar surface area (TPSA) is 110 Å². The zero-order valence-electron chi connectivity index (χ0n) is 14.5. The van der Waals surface area contributed by atoms with Gasteiger partial charge < -0.3 is 25.8 Å². The minimum absolute atomic E-state index is 0.223. The molecule has 0 aliphatic heterocycles. The number of nitrogens with one attached hydrogen (secondary N) is 3. The fourth-order valence-electron chi connectivity index (χ4n) is 5.91. The van der Waals surface area contributed by atoms with Crippen molar-refractivity contribution in [3.8, 4) is 0 Å². The van der Waals surface area contributed by atoms with Gasteiger partial charge in [0, 0.05) is 35.9 Å². The summed E-state index contributed by atoms with van der Waals surface area (Å²) in [5.74, 6) is 1.62. The van der Waals surface area contributed by atoms with Crippen molar-refractivity contribution in [2.75, 3.05) is 5.32 Å². The number of hydrogen-bond acceptors (Lipinski definition) is 4. The summed E-state index contributed by atoms with van der Waals surface area (Å²) in [5, 5.41) is 27.0. The summed E-state index contributed by atoms with van der Waals surface area (Å²) < 4.78 is 0. The standard InChI is InChI=1S/C19H24N4O3/c24-18(25)22-9-13-8-21-17-14(1-2-20-17)16(13)23-15-11-3-10-4-12(15)7-19(26,5-10)6-11/h1-2,8,10-12,15,22,26H,3-7,9H2,(H,24,25)(H2,20,21,23). The summed E-state index contributed by atoms with van der Waals surface area (Å²) in [6, 6.07) is 2.31. The zero-order chi connectivity index (χ0) is 17.9. The summed E-state index contributed by atoms with van der Waals surface area (Å²) in [7, 11) is 0. The second-order valence-electron chi connectivity index (χ2n) is 8.42. The molecule has 4 aliphatic carbocycles. The highest BCUT2D eigenvalue weighted by molar-refractivity contribution is 5.91. The van der Waals surface area contributed by atoms with E-state index < -0.39 is 11.7 Å². The molecule has 0 aromatic carbocycles. The zero-order valence-corrected chi connectivity index (χ0v) is 14.5. The maximum atomic E-state index is 10.9. The quantitative estimate of drug-likeness (QED) is 0.578. The first-order valence-corrected chi connectivity index (χ1v) is 9.41. The number of hydrogen-bond donors (Lipinski definition) is 5. The molecule has 2 atom stereocenters. The Labute approximate surface area is 151 Å². The van der Waals surface area contributed by atoms with Gasteiger partial charge in [0.05, 0.1) is 11.3 Å². The van der Waals surface area contributed by atoms with Crippen LogP contribution in [0.2, 0.25) is 0 Å². The first-order chi connectivity index (χ1) is 12.5. The number of aliphatic hydroxyl groups is 1. The molecule has 2 unspecified atom stereocenters. The van der Waals surface area contributed by atoms with Crippen LogP contribution in [0, 0.1) is 17.8 Å². The van der Waals surface area contributed by atoms with Crippen LogP contribution in [0.4, 0.5) is 10.5 Å². The van der Waals surface area contributed by atoms with E-state index in [0.717, 1.165) is 41.5 Å². The second kappa shape index (κ2) is 5.61. The highest BCUT2D eigenvalue weighted by atomic mass is 16.4. The average Bonchev–Trinajstić information content (AvgIpc) is 3.04. The third-order valence-electron chi connectivity index (χ3n) is 6.65. The Hall–Kier alpha value is -2.28. The summed E-state index contributed by atoms with van der Waals surface area (Å²) in [6.07, 6.45) is 7.64. The Morgan fingerprint density at radius 3 is 2.77 bits per heavy atom. The van der Waals surface area contributed by atoms with Gasteiger partial charge in [0.2, 0.25) is 0 Å². The minimum Gasteiger partial charge on any atom is -0.465 e. The van der Waals surface area contributed by atoms with Gasteiger partial charge in [-0.1, -0.05) is 0 Å². The van der Waals surface area contributed by atoms with E-state index in [2.05, 4.69) is 20.6 Å². The number of pyridine rings is 1. The molecular formula is C19H24N4O3. The van der Waals surface area contributed by atoms with E-state index in [0.29, 0.717) is 23.8 Å². The maximum Gasteiger partial charge on any atom is 0.404 e. The van der Waals surface area contributed by atoms with Crippen LogP contribution in [0.3, 0.4) is 0 Å². The lowest BCUT2D eigenvalue weighted by molar-refractivity contribution is -0.129. The molecule has 26 heavy (non-hydrogen) atoms. The number of carbonyl (C=O) groups is 1. The first-order valence-electron chi connectivity index (χ1n) is 9.41. The van der Waals surface area contributed by atoms with Crippen LogP contribution in [0.25, 0.3) is 11.0 Å². The van der Waals surface area contributed by atoms with Gasteiger partial charge in [-0.2, -0.15) is 0 Å². The number of aromatic nitrogens is 2. The molecule has 0 spiro atoms. The largest absolute Gasteiger partial charge is 0.465 e. The molecule has 4 aliphatic rings. The van der Waals surface area contributed by atoms with E-state index in [4.69, 9.17) is 5.11 Å². The fraction of sp³-hybridized carbons (Fsp3) is 0.579. The Bertz CT molecular complexity index is 848. The minimum atomic E-state index is -1.04. The first kappa shape index (κ1) is 15.9. The molecule has 0 radical (unpaired) electrons. The van der Waals surface area contributed by atoms with Crippen molar-refractivity contribution in [1.29, 1.82) is 0 Å². The Morgan fingerprint density at radius 1 is 1.31 bits per heavy atom. The van der Waals surface area contributed by atoms with Gasteiger partial charge in [0.25, 0.3) is 0 Å². The van der Waals surface area contributed by atoms with E-state index in [1.165, 1.54) is 12.8 Å². The van der Waals surface area contributed by atoms with E-state index in [1.807, 2.05) is 12.3 Å². The van der Waals surface area contributed by atoms with Crippen LogP contribution in [0.15, 0.2) is 18.5 Å². The van der Waals surface area contributed by atoms with Crippen molar-refractivity contribution >= 4 is 22.8 Å². The van der Waals surface area contributed by atoms with Gasteiger partial charge >= 0.3 is 6.09 Å². The Morgan fingerprint density at radius 2 is 2.08 bits per heavy atom. The molecule has 138 valence electrons. The predicted octanol–water partition coefficient (Wildman–Crippen LogP) is 2.68. The summed E-state index contributed by atoms with van der Waals surface area (Å²) in [4.78, 5) is 18.5. The number of nitrogens with zero attached hydrogens (tertiary/aromatic N) is 1. The molecule has 4 bridgehead atoms. The van der Waals surface area contributed by atoms with Crippen molar-refractivity contribution in [2.24, 2.45) is 17.8 Å². The van der Waals surface area contributed by atoms with E-state index in [9.17, 15) is 9.90 Å². The SMILES string of the molecule is O=C(O)NCc1cnc2[nH]ccc2c1NC1C2CC3CC1CC(O)(C3)C2. The number of rotatable bonds is 4. The highest BCUT2D eigenvalue weighted by Gasteiger charge is 2.54.